The summed E-state index contributed by atoms with van der Waals surface area (Å²) < 4.78 is 8.79. The molecule has 5 aliphatic heterocycles. The molecule has 15 heteroatoms. The van der Waals surface area contributed by atoms with Crippen molar-refractivity contribution in [3.63, 3.8) is 0 Å². The molecule has 0 unspecified atom stereocenters. The summed E-state index contributed by atoms with van der Waals surface area (Å²) in [5, 5.41) is 54.5. The first-order valence-electron chi connectivity index (χ1n) is 28.6. The molecule has 5 aromatic rings. The molecule has 5 heterocycles. The van der Waals surface area contributed by atoms with Gasteiger partial charge in [-0.25, -0.2) is 0 Å². The van der Waals surface area contributed by atoms with E-state index in [1.54, 1.807) is 40.0 Å². The molecule has 0 amide bonds. The fourth-order valence-electron chi connectivity index (χ4n) is 7.67. The average molecular weight is 1080 g/mol. The van der Waals surface area contributed by atoms with E-state index >= 15 is 0 Å². The van der Waals surface area contributed by atoms with Crippen LogP contribution in [0.4, 0.5) is 0 Å². The maximum atomic E-state index is 9.38. The summed E-state index contributed by atoms with van der Waals surface area (Å²) in [4.78, 5) is 2.00. The Balaban J connectivity index is -0.000000252. The first kappa shape index (κ1) is 82.3. The number of hydrogen-bond acceptors (Lipinski definition) is 10. The van der Waals surface area contributed by atoms with E-state index in [-0.39, 0.29) is 41.2 Å². The third-order valence-corrected chi connectivity index (χ3v) is 10.8. The van der Waals surface area contributed by atoms with Gasteiger partial charge < -0.3 is 44.6 Å². The molecular weight excluding hydrogens is 973 g/mol. The van der Waals surface area contributed by atoms with Crippen molar-refractivity contribution in [2.45, 2.75) is 147 Å². The fraction of sp³-hybridized carbons (Fsp3) is 0.516. The zero-order valence-corrected chi connectivity index (χ0v) is 53.1. The molecule has 9 nitrogen and oxygen atoms in total. The van der Waals surface area contributed by atoms with Crippen LogP contribution in [0.2, 0.25) is 31.6 Å². The summed E-state index contributed by atoms with van der Waals surface area (Å²) in [6.07, 6.45) is 13.8. The van der Waals surface area contributed by atoms with Gasteiger partial charge in [-0.05, 0) is 139 Å². The van der Waals surface area contributed by atoms with Crippen LogP contribution in [0.5, 0.6) is 0 Å². The predicted molar refractivity (Wildman–Crippen MR) is 352 cm³/mol. The minimum absolute atomic E-state index is 0.198. The van der Waals surface area contributed by atoms with E-state index in [9.17, 15) is 25.1 Å². The average Bonchev–Trinajstić information content (AvgIpc) is 4.33. The molecule has 432 valence electrons. The first-order chi connectivity index (χ1) is 37.3. The zero-order valence-electron chi connectivity index (χ0n) is 52.3. The summed E-state index contributed by atoms with van der Waals surface area (Å²) in [6.45, 7) is 23.7. The second kappa shape index (κ2) is 58.6. The number of nitrogens with zero attached hydrogens (tertiary/aromatic N) is 1. The number of benzene rings is 5. The van der Waals surface area contributed by atoms with Crippen molar-refractivity contribution in [3.8, 4) is 0 Å². The van der Waals surface area contributed by atoms with Gasteiger partial charge in [-0.2, -0.15) is 11.8 Å². The quantitative estimate of drug-likeness (QED) is 0.0900. The van der Waals surface area contributed by atoms with Crippen LogP contribution in [0.15, 0.2) is 121 Å². The molecule has 0 radical (unpaired) electrons. The van der Waals surface area contributed by atoms with Crippen LogP contribution in [-0.2, 0) is 41.6 Å². The zero-order chi connectivity index (χ0) is 60.0. The van der Waals surface area contributed by atoms with E-state index < -0.39 is 0 Å². The van der Waals surface area contributed by atoms with Gasteiger partial charge in [0.25, 0.3) is 0 Å². The minimum Gasteiger partial charge on any atom is -0.446 e. The highest BCUT2D eigenvalue weighted by Crippen LogP contribution is 2.15. The van der Waals surface area contributed by atoms with Crippen LogP contribution >= 0.6 is 11.8 Å². The molecule has 0 saturated carbocycles. The van der Waals surface area contributed by atoms with Gasteiger partial charge in [-0.15, -0.1) is 0 Å². The normalized spacial score (nSPS) is 12.0. The molecular formula is C62H110B5NO8S. The standard InChI is InChI=1S/5C8H9BO.C3H9N.C3H8O.2C2H6O.C2H6S.5C2H6/c5*10-9-6-5-7-3-1-2-4-8(7)9;1-4(2)3;1-3-4-2;1-3-2;1-2-3;1-3-2;5*1-2/h5*1-4,10H,5-6H2;1-3H3;3H2,1-2H3;1-2H3;3H,2H2,1H3;1-2H3;5*1-2H3. The Morgan fingerprint density at radius 2 is 0.506 bits per heavy atom. The Morgan fingerprint density at radius 3 is 0.610 bits per heavy atom. The molecule has 0 fully saturated rings. The van der Waals surface area contributed by atoms with Crippen molar-refractivity contribution in [2.24, 2.45) is 0 Å². The number of fused-ring (bicyclic) bond motifs is 5. The van der Waals surface area contributed by atoms with E-state index in [2.05, 4.69) is 39.8 Å². The molecule has 0 spiro atoms. The SMILES string of the molecule is CC.CC.CC.CC.CC.CCO.CCOC.CN(C)C.COC.CSC.OB1CCc2ccccc21.OB1CCc2ccccc21.OB1CCc2ccccc21.OB1CCc2ccccc21.OB1CCc2ccccc21. The van der Waals surface area contributed by atoms with Crippen LogP contribution in [0, 0.1) is 0 Å². The topological polar surface area (TPSA) is 143 Å². The van der Waals surface area contributed by atoms with Crippen molar-refractivity contribution < 1.29 is 39.7 Å². The molecule has 77 heavy (non-hydrogen) atoms. The number of aliphatic hydroxyl groups is 1. The van der Waals surface area contributed by atoms with E-state index in [0.717, 1.165) is 97.6 Å². The van der Waals surface area contributed by atoms with Gasteiger partial charge in [0.1, 0.15) is 0 Å². The van der Waals surface area contributed by atoms with Gasteiger partial charge in [0.05, 0.1) is 0 Å². The molecule has 0 bridgehead atoms. The lowest BCUT2D eigenvalue weighted by atomic mass is 9.63. The van der Waals surface area contributed by atoms with Crippen LogP contribution in [0.1, 0.15) is 111 Å². The van der Waals surface area contributed by atoms with Crippen LogP contribution < -0.4 is 27.3 Å². The minimum atomic E-state index is -0.198. The van der Waals surface area contributed by atoms with Crippen molar-refractivity contribution in [1.29, 1.82) is 0 Å². The number of aliphatic hydroxyl groups excluding tert-OH is 1. The summed E-state index contributed by atoms with van der Waals surface area (Å²) in [6, 6.07) is 40.5. The second-order valence-electron chi connectivity index (χ2n) is 16.8. The maximum absolute atomic E-state index is 9.38. The predicted octanol–water partition coefficient (Wildman–Crippen LogP) is 9.37. The number of thioether (sulfide) groups is 1. The van der Waals surface area contributed by atoms with E-state index in [0.29, 0.717) is 0 Å². The Morgan fingerprint density at radius 1 is 0.390 bits per heavy atom. The number of rotatable bonds is 1. The van der Waals surface area contributed by atoms with Gasteiger partial charge in [-0.3, -0.25) is 0 Å². The summed E-state index contributed by atoms with van der Waals surface area (Å²) in [7, 11) is 10.9. The fourth-order valence-corrected chi connectivity index (χ4v) is 7.67. The van der Waals surface area contributed by atoms with Gasteiger partial charge in [0.2, 0.25) is 0 Å². The monoisotopic (exact) mass is 1080 g/mol. The smallest absolute Gasteiger partial charge is 0.324 e. The summed E-state index contributed by atoms with van der Waals surface area (Å²) in [5.74, 6) is 0. The third-order valence-electron chi connectivity index (χ3n) is 10.8. The molecule has 5 aromatic carbocycles. The van der Waals surface area contributed by atoms with Crippen LogP contribution in [0.25, 0.3) is 0 Å². The number of hydrogen-bond donors (Lipinski definition) is 6. The van der Waals surface area contributed by atoms with E-state index in [1.807, 2.05) is 206 Å². The molecule has 0 aliphatic carbocycles. The molecule has 0 atom stereocenters. The maximum Gasteiger partial charge on any atom is 0.324 e. The Labute approximate surface area is 480 Å². The van der Waals surface area contributed by atoms with Gasteiger partial charge in [0.15, 0.2) is 0 Å². The van der Waals surface area contributed by atoms with E-state index in [4.69, 9.17) is 5.11 Å². The van der Waals surface area contributed by atoms with Crippen molar-refractivity contribution in [3.05, 3.63) is 149 Å². The highest BCUT2D eigenvalue weighted by Gasteiger charge is 2.26. The summed E-state index contributed by atoms with van der Waals surface area (Å²) in [5.41, 5.74) is 12.2. The molecule has 0 aromatic heterocycles. The second-order valence-corrected chi connectivity index (χ2v) is 17.6. The third kappa shape index (κ3) is 37.8. The highest BCUT2D eigenvalue weighted by atomic mass is 32.2. The lowest BCUT2D eigenvalue weighted by Gasteiger charge is -1.96. The molecule has 6 N–H and O–H groups in total. The number of ether oxygens (including phenoxy) is 2. The van der Waals surface area contributed by atoms with Gasteiger partial charge >= 0.3 is 34.6 Å². The molecule has 0 saturated heterocycles. The van der Waals surface area contributed by atoms with Crippen molar-refractivity contribution in [1.82, 2.24) is 4.90 Å². The Hall–Kier alpha value is -3.59. The highest BCUT2D eigenvalue weighted by molar-refractivity contribution is 7.97. The number of aryl methyl sites for hydroxylation is 5. The van der Waals surface area contributed by atoms with Crippen molar-refractivity contribution >= 4 is 73.7 Å². The lowest BCUT2D eigenvalue weighted by molar-refractivity contribution is 0.215. The Bertz CT molecular complexity index is 1700. The molecule has 5 aliphatic rings. The largest absolute Gasteiger partial charge is 0.446 e. The van der Waals surface area contributed by atoms with E-state index in [1.165, 1.54) is 27.8 Å². The number of methoxy groups -OCH3 is 2. The van der Waals surface area contributed by atoms with Crippen LogP contribution in [0.3, 0.4) is 0 Å². The molecule has 10 rings (SSSR count). The Kier molecular flexibility index (Phi) is 62.6. The van der Waals surface area contributed by atoms with Crippen molar-refractivity contribution in [2.75, 3.05) is 68.2 Å². The lowest BCUT2D eigenvalue weighted by Crippen LogP contribution is -2.25. The summed E-state index contributed by atoms with van der Waals surface area (Å²) >= 11 is 1.75. The first-order valence-corrected chi connectivity index (χ1v) is 30.2. The van der Waals surface area contributed by atoms with Gasteiger partial charge in [0, 0.05) is 34.5 Å². The van der Waals surface area contributed by atoms with Crippen LogP contribution in [-0.4, -0.2) is 138 Å². The van der Waals surface area contributed by atoms with Gasteiger partial charge in [-0.1, -0.05) is 218 Å².